The van der Waals surface area contributed by atoms with E-state index < -0.39 is 0 Å². The highest BCUT2D eigenvalue weighted by Gasteiger charge is 2.29. The lowest BCUT2D eigenvalue weighted by atomic mass is 10.1. The molecule has 0 aliphatic carbocycles. The van der Waals surface area contributed by atoms with Gasteiger partial charge in [0.25, 0.3) is 0 Å². The van der Waals surface area contributed by atoms with Gasteiger partial charge in [0.1, 0.15) is 11.8 Å². The quantitative estimate of drug-likeness (QED) is 0.857. The van der Waals surface area contributed by atoms with E-state index in [1.165, 1.54) is 19.3 Å². The number of nitrogens with zero attached hydrogens (tertiary/aromatic N) is 1. The number of rotatable bonds is 5. The van der Waals surface area contributed by atoms with Crippen LogP contribution in [-0.4, -0.2) is 42.4 Å². The molecule has 22 heavy (non-hydrogen) atoms. The highest BCUT2D eigenvalue weighted by atomic mass is 16.3. The van der Waals surface area contributed by atoms with Gasteiger partial charge in [0, 0.05) is 13.0 Å². The predicted molar refractivity (Wildman–Crippen MR) is 81.0 cm³/mol. The van der Waals surface area contributed by atoms with Crippen molar-refractivity contribution < 1.29 is 14.0 Å². The Hall–Kier alpha value is -1.82. The van der Waals surface area contributed by atoms with E-state index in [0.29, 0.717) is 19.4 Å². The van der Waals surface area contributed by atoms with Gasteiger partial charge in [-0.1, -0.05) is 6.42 Å². The number of carbonyl (C=O) groups excluding carboxylic acids is 2. The first kappa shape index (κ1) is 15.1. The molecule has 2 N–H and O–H groups in total. The van der Waals surface area contributed by atoms with Gasteiger partial charge in [0.15, 0.2) is 0 Å². The van der Waals surface area contributed by atoms with E-state index in [1.807, 2.05) is 12.1 Å². The number of carbonyl (C=O) groups is 2. The van der Waals surface area contributed by atoms with E-state index in [0.717, 1.165) is 18.8 Å². The summed E-state index contributed by atoms with van der Waals surface area (Å²) in [6.07, 6.45) is 6.33. The summed E-state index contributed by atoms with van der Waals surface area (Å²) >= 11 is 0. The number of likely N-dealkylation sites (tertiary alicyclic amines) is 1. The number of nitrogens with one attached hydrogen (secondary N) is 2. The van der Waals surface area contributed by atoms with Crippen molar-refractivity contribution in [3.8, 4) is 0 Å². The lowest BCUT2D eigenvalue weighted by Crippen LogP contribution is -2.46. The molecule has 6 nitrogen and oxygen atoms in total. The van der Waals surface area contributed by atoms with Crippen LogP contribution in [0.3, 0.4) is 0 Å². The van der Waals surface area contributed by atoms with Gasteiger partial charge in [-0.15, -0.1) is 0 Å². The zero-order valence-electron chi connectivity index (χ0n) is 12.7. The van der Waals surface area contributed by atoms with E-state index >= 15 is 0 Å². The minimum atomic E-state index is -0.383. The maximum atomic E-state index is 12.2. The second-order valence-electron chi connectivity index (χ2n) is 6.03. The zero-order chi connectivity index (χ0) is 15.4. The molecular formula is C16H23N3O3. The van der Waals surface area contributed by atoms with Gasteiger partial charge in [-0.25, -0.2) is 0 Å². The Morgan fingerprint density at radius 3 is 2.86 bits per heavy atom. The lowest BCUT2D eigenvalue weighted by Gasteiger charge is -2.33. The van der Waals surface area contributed by atoms with Crippen LogP contribution in [0.1, 0.15) is 43.9 Å². The monoisotopic (exact) mass is 305 g/mol. The summed E-state index contributed by atoms with van der Waals surface area (Å²) < 4.78 is 5.56. The summed E-state index contributed by atoms with van der Waals surface area (Å²) in [6.45, 7) is 2.57. The molecule has 2 aliphatic rings. The molecule has 2 amide bonds. The maximum Gasteiger partial charge on any atom is 0.242 e. The SMILES string of the molecule is O=C1CC[C@H](C(=O)NC[C@@H](c2ccco2)N2CCCCC2)N1. The minimum Gasteiger partial charge on any atom is -0.468 e. The van der Waals surface area contributed by atoms with Crippen molar-refractivity contribution >= 4 is 11.8 Å². The first-order chi connectivity index (χ1) is 10.7. The van der Waals surface area contributed by atoms with Gasteiger partial charge < -0.3 is 15.1 Å². The molecule has 3 rings (SSSR count). The van der Waals surface area contributed by atoms with Gasteiger partial charge in [0.05, 0.1) is 12.3 Å². The largest absolute Gasteiger partial charge is 0.468 e. The van der Waals surface area contributed by atoms with Crippen LogP contribution in [0, 0.1) is 0 Å². The summed E-state index contributed by atoms with van der Waals surface area (Å²) in [6, 6.07) is 3.52. The van der Waals surface area contributed by atoms with Crippen LogP contribution >= 0.6 is 0 Å². The van der Waals surface area contributed by atoms with Crippen molar-refractivity contribution in [2.45, 2.75) is 44.2 Å². The lowest BCUT2D eigenvalue weighted by molar-refractivity contribution is -0.126. The molecule has 0 bridgehead atoms. The molecule has 0 radical (unpaired) electrons. The van der Waals surface area contributed by atoms with Gasteiger partial charge in [-0.3, -0.25) is 14.5 Å². The molecule has 0 saturated carbocycles. The molecule has 0 unspecified atom stereocenters. The molecule has 0 aromatic carbocycles. The van der Waals surface area contributed by atoms with Gasteiger partial charge in [-0.05, 0) is 44.5 Å². The first-order valence-corrected chi connectivity index (χ1v) is 8.08. The van der Waals surface area contributed by atoms with Gasteiger partial charge in [-0.2, -0.15) is 0 Å². The Morgan fingerprint density at radius 2 is 2.23 bits per heavy atom. The van der Waals surface area contributed by atoms with Crippen LogP contribution < -0.4 is 10.6 Å². The highest BCUT2D eigenvalue weighted by molar-refractivity contribution is 5.90. The molecule has 2 saturated heterocycles. The van der Waals surface area contributed by atoms with E-state index in [-0.39, 0.29) is 23.9 Å². The minimum absolute atomic E-state index is 0.0428. The molecule has 2 aliphatic heterocycles. The zero-order valence-corrected chi connectivity index (χ0v) is 12.7. The van der Waals surface area contributed by atoms with Crippen LogP contribution in [0.25, 0.3) is 0 Å². The second kappa shape index (κ2) is 6.96. The molecule has 3 heterocycles. The summed E-state index contributed by atoms with van der Waals surface area (Å²) in [5, 5.41) is 5.68. The molecular weight excluding hydrogens is 282 g/mol. The molecule has 1 aromatic heterocycles. The van der Waals surface area contributed by atoms with Crippen molar-refractivity contribution in [2.24, 2.45) is 0 Å². The molecule has 0 spiro atoms. The summed E-state index contributed by atoms with van der Waals surface area (Å²) in [5.41, 5.74) is 0. The smallest absolute Gasteiger partial charge is 0.242 e. The Balaban J connectivity index is 1.60. The Kier molecular flexibility index (Phi) is 4.77. The third kappa shape index (κ3) is 3.50. The molecule has 1 aromatic rings. The Bertz CT molecular complexity index is 509. The van der Waals surface area contributed by atoms with Crippen molar-refractivity contribution in [2.75, 3.05) is 19.6 Å². The average Bonchev–Trinajstić information content (AvgIpc) is 3.20. The first-order valence-electron chi connectivity index (χ1n) is 8.08. The summed E-state index contributed by atoms with van der Waals surface area (Å²) in [5.74, 6) is 0.746. The highest BCUT2D eigenvalue weighted by Crippen LogP contribution is 2.24. The van der Waals surface area contributed by atoms with Crippen molar-refractivity contribution in [3.05, 3.63) is 24.2 Å². The maximum absolute atomic E-state index is 12.2. The van der Waals surface area contributed by atoms with E-state index in [1.54, 1.807) is 6.26 Å². The van der Waals surface area contributed by atoms with E-state index in [2.05, 4.69) is 15.5 Å². The third-order valence-corrected chi connectivity index (χ3v) is 4.48. The molecule has 2 atom stereocenters. The number of hydrogen-bond acceptors (Lipinski definition) is 4. The number of piperidine rings is 1. The fourth-order valence-corrected chi connectivity index (χ4v) is 3.25. The normalized spacial score (nSPS) is 24.0. The third-order valence-electron chi connectivity index (χ3n) is 4.48. The van der Waals surface area contributed by atoms with Crippen LogP contribution in [0.15, 0.2) is 22.8 Å². The number of furan rings is 1. The number of hydrogen-bond donors (Lipinski definition) is 2. The fraction of sp³-hybridized carbons (Fsp3) is 0.625. The Morgan fingerprint density at radius 1 is 1.41 bits per heavy atom. The average molecular weight is 305 g/mol. The van der Waals surface area contributed by atoms with Crippen molar-refractivity contribution in [1.29, 1.82) is 0 Å². The Labute approximate surface area is 130 Å². The van der Waals surface area contributed by atoms with Crippen molar-refractivity contribution in [3.63, 3.8) is 0 Å². The predicted octanol–water partition coefficient (Wildman–Crippen LogP) is 1.20. The van der Waals surface area contributed by atoms with Gasteiger partial charge >= 0.3 is 0 Å². The number of amides is 2. The fourth-order valence-electron chi connectivity index (χ4n) is 3.25. The van der Waals surface area contributed by atoms with Crippen LogP contribution in [0.5, 0.6) is 0 Å². The second-order valence-corrected chi connectivity index (χ2v) is 6.03. The van der Waals surface area contributed by atoms with Gasteiger partial charge in [0.2, 0.25) is 11.8 Å². The van der Waals surface area contributed by atoms with Crippen molar-refractivity contribution in [1.82, 2.24) is 15.5 Å². The van der Waals surface area contributed by atoms with Crippen LogP contribution in [0.2, 0.25) is 0 Å². The topological polar surface area (TPSA) is 74.6 Å². The van der Waals surface area contributed by atoms with Crippen LogP contribution in [-0.2, 0) is 9.59 Å². The standard InChI is InChI=1S/C16H23N3O3/c20-15-7-6-12(18-15)16(21)17-11-13(14-5-4-10-22-14)19-8-2-1-3-9-19/h4-5,10,12-13H,1-3,6-9,11H2,(H,17,21)(H,18,20)/t12-,13+/m1/s1. The molecule has 2 fully saturated rings. The summed E-state index contributed by atoms with van der Waals surface area (Å²) in [7, 11) is 0. The van der Waals surface area contributed by atoms with E-state index in [9.17, 15) is 9.59 Å². The van der Waals surface area contributed by atoms with E-state index in [4.69, 9.17) is 4.42 Å². The molecule has 6 heteroatoms. The summed E-state index contributed by atoms with van der Waals surface area (Å²) in [4.78, 5) is 25.8. The van der Waals surface area contributed by atoms with Crippen LogP contribution in [0.4, 0.5) is 0 Å². The molecule has 120 valence electrons.